The van der Waals surface area contributed by atoms with Crippen molar-refractivity contribution in [1.82, 2.24) is 19.8 Å². The van der Waals surface area contributed by atoms with Crippen molar-refractivity contribution in [2.75, 3.05) is 55.7 Å². The molecule has 13 heteroatoms. The molecule has 2 fully saturated rings. The minimum Gasteiger partial charge on any atom is -0.462 e. The number of fused-ring (bicyclic) bond motifs is 2. The van der Waals surface area contributed by atoms with E-state index in [1.54, 1.807) is 4.90 Å². The number of rotatable bonds is 10. The van der Waals surface area contributed by atoms with Gasteiger partial charge in [-0.15, -0.1) is 0 Å². The molecular weight excluding hydrogens is 631 g/mol. The van der Waals surface area contributed by atoms with E-state index in [2.05, 4.69) is 22.4 Å². The molecule has 3 heterocycles. The van der Waals surface area contributed by atoms with E-state index >= 15 is 0 Å². The van der Waals surface area contributed by atoms with Crippen LogP contribution in [-0.2, 0) is 17.8 Å². The zero-order chi connectivity index (χ0) is 33.1. The second-order valence-electron chi connectivity index (χ2n) is 12.3. The Hall–Kier alpha value is -4.08. The lowest BCUT2D eigenvalue weighted by atomic mass is 9.91. The van der Waals surface area contributed by atoms with Crippen LogP contribution in [0.2, 0.25) is 5.02 Å². The van der Waals surface area contributed by atoms with Crippen LogP contribution >= 0.6 is 11.6 Å². The lowest BCUT2D eigenvalue weighted by Crippen LogP contribution is -2.55. The van der Waals surface area contributed by atoms with Crippen LogP contribution in [0.5, 0.6) is 6.01 Å². The van der Waals surface area contributed by atoms with Crippen molar-refractivity contribution in [2.24, 2.45) is 0 Å². The number of carbonyl (C=O) groups is 1. The molecule has 1 atom stereocenters. The zero-order valence-electron chi connectivity index (χ0n) is 26.1. The number of ether oxygens (including phenoxy) is 1. The maximum Gasteiger partial charge on any atom is 0.401 e. The summed E-state index contributed by atoms with van der Waals surface area (Å²) in [4.78, 5) is 29.6. The number of alkyl halides is 3. The Morgan fingerprint density at radius 1 is 1.15 bits per heavy atom. The predicted molar refractivity (Wildman–Crippen MR) is 175 cm³/mol. The molecule has 2 aromatic carbocycles. The number of hydrogen-bond donors (Lipinski definition) is 0. The minimum atomic E-state index is -4.30. The second-order valence-corrected chi connectivity index (χ2v) is 12.7. The molecule has 47 heavy (non-hydrogen) atoms. The third-order valence-electron chi connectivity index (χ3n) is 9.35. The van der Waals surface area contributed by atoms with Gasteiger partial charge in [0.25, 0.3) is 0 Å². The quantitative estimate of drug-likeness (QED) is 0.252. The maximum atomic E-state index is 13.3. The summed E-state index contributed by atoms with van der Waals surface area (Å²) >= 11 is 6.67. The average Bonchev–Trinajstić information content (AvgIpc) is 3.02. The molecule has 9 nitrogen and oxygen atoms in total. The van der Waals surface area contributed by atoms with E-state index in [-0.39, 0.29) is 43.6 Å². The lowest BCUT2D eigenvalue weighted by Gasteiger charge is -2.42. The highest BCUT2D eigenvalue weighted by molar-refractivity contribution is 6.36. The van der Waals surface area contributed by atoms with Crippen LogP contribution < -0.4 is 14.5 Å². The van der Waals surface area contributed by atoms with Crippen LogP contribution in [0.15, 0.2) is 49.1 Å². The highest BCUT2D eigenvalue weighted by Gasteiger charge is 2.36. The minimum absolute atomic E-state index is 0.00607. The normalized spacial score (nSPS) is 18.6. The topological polar surface area (TPSA) is 88.8 Å². The molecule has 1 saturated heterocycles. The highest BCUT2D eigenvalue weighted by Crippen LogP contribution is 2.37. The van der Waals surface area contributed by atoms with Crippen molar-refractivity contribution in [3.8, 4) is 12.1 Å². The van der Waals surface area contributed by atoms with E-state index in [0.29, 0.717) is 50.0 Å². The van der Waals surface area contributed by atoms with Crippen LogP contribution in [0.3, 0.4) is 0 Å². The van der Waals surface area contributed by atoms with Gasteiger partial charge in [0.1, 0.15) is 12.4 Å². The number of aromatic nitrogens is 2. The number of anilines is 2. The van der Waals surface area contributed by atoms with Gasteiger partial charge in [-0.1, -0.05) is 48.9 Å². The first-order valence-electron chi connectivity index (χ1n) is 16.0. The predicted octanol–water partition coefficient (Wildman–Crippen LogP) is 5.76. The number of nitrogens with zero attached hydrogens (tertiary/aromatic N) is 7. The Morgan fingerprint density at radius 3 is 2.64 bits per heavy atom. The summed E-state index contributed by atoms with van der Waals surface area (Å²) in [7, 11) is 0. The van der Waals surface area contributed by atoms with Gasteiger partial charge < -0.3 is 19.4 Å². The van der Waals surface area contributed by atoms with E-state index in [9.17, 15) is 23.2 Å². The second kappa shape index (κ2) is 14.0. The van der Waals surface area contributed by atoms with Crippen molar-refractivity contribution in [1.29, 1.82) is 5.26 Å². The molecule has 1 amide bonds. The molecule has 248 valence electrons. The molecule has 0 radical (unpaired) electrons. The van der Waals surface area contributed by atoms with Gasteiger partial charge in [0.15, 0.2) is 0 Å². The number of carbonyl (C=O) groups excluding carboxylic acids is 1. The first-order chi connectivity index (χ1) is 22.6. The van der Waals surface area contributed by atoms with Gasteiger partial charge in [-0.25, -0.2) is 0 Å². The summed E-state index contributed by atoms with van der Waals surface area (Å²) in [5.74, 6) is 0.443. The molecule has 1 aromatic heterocycles. The Labute approximate surface area is 277 Å². The first-order valence-corrected chi connectivity index (χ1v) is 16.3. The van der Waals surface area contributed by atoms with E-state index in [1.165, 1.54) is 11.0 Å². The molecule has 2 aliphatic heterocycles. The highest BCUT2D eigenvalue weighted by atomic mass is 35.5. The molecule has 0 bridgehead atoms. The molecule has 0 spiro atoms. The van der Waals surface area contributed by atoms with E-state index < -0.39 is 12.7 Å². The number of halogens is 4. The summed E-state index contributed by atoms with van der Waals surface area (Å²) < 4.78 is 46.0. The van der Waals surface area contributed by atoms with E-state index in [1.807, 2.05) is 36.4 Å². The van der Waals surface area contributed by atoms with Gasteiger partial charge >= 0.3 is 12.2 Å². The van der Waals surface area contributed by atoms with E-state index in [0.717, 1.165) is 47.0 Å². The SMILES string of the molecule is C=CC(=O)N1CCN(c2nc(OCCN(CC(F)(F)F)C3CCC3)nc3c2CCN(c2cccc4cccc(Cl)c24)C3)C[C@@H]1CC#N. The Kier molecular flexibility index (Phi) is 9.75. The average molecular weight is 668 g/mol. The number of benzene rings is 2. The summed E-state index contributed by atoms with van der Waals surface area (Å²) in [5.41, 5.74) is 2.69. The monoisotopic (exact) mass is 667 g/mol. The molecular formula is C34H37ClF3N7O2. The number of nitriles is 1. The summed E-state index contributed by atoms with van der Waals surface area (Å²) in [6.07, 6.45) is 0.155. The molecule has 1 saturated carbocycles. The largest absolute Gasteiger partial charge is 0.462 e. The van der Waals surface area contributed by atoms with Gasteiger partial charge in [0.2, 0.25) is 5.91 Å². The van der Waals surface area contributed by atoms with E-state index in [4.69, 9.17) is 26.3 Å². The Bertz CT molecular complexity index is 1670. The third-order valence-corrected chi connectivity index (χ3v) is 9.66. The van der Waals surface area contributed by atoms with Crippen molar-refractivity contribution in [3.05, 3.63) is 65.3 Å². The van der Waals surface area contributed by atoms with Gasteiger partial charge in [-0.05, 0) is 42.9 Å². The molecule has 3 aromatic rings. The van der Waals surface area contributed by atoms with Gasteiger partial charge in [-0.2, -0.15) is 28.4 Å². The molecule has 0 N–H and O–H groups in total. The number of hydrogen-bond acceptors (Lipinski definition) is 8. The first kappa shape index (κ1) is 32.8. The molecule has 3 aliphatic rings. The Balaban J connectivity index is 1.30. The van der Waals surface area contributed by atoms with Crippen molar-refractivity contribution >= 4 is 39.8 Å². The van der Waals surface area contributed by atoms with Crippen molar-refractivity contribution in [2.45, 2.75) is 56.9 Å². The molecule has 6 rings (SSSR count). The molecule has 1 aliphatic carbocycles. The maximum absolute atomic E-state index is 13.3. The van der Waals surface area contributed by atoms with Crippen LogP contribution in [-0.4, -0.2) is 89.8 Å². The smallest absolute Gasteiger partial charge is 0.401 e. The Morgan fingerprint density at radius 2 is 1.94 bits per heavy atom. The fourth-order valence-electron chi connectivity index (χ4n) is 6.82. The standard InChI is InChI=1S/C34H37ClF3N7O2/c1-2-30(46)45-17-16-43(20-25(45)12-14-39)32-26-13-15-42(29-11-4-7-23-6-3-10-27(35)31(23)29)21-28(26)40-33(41-32)47-19-18-44(22-34(36,37)38)24-8-5-9-24/h2-4,6-7,10-11,24-25H,1,5,8-9,12-13,15-22H2/t25-/m0/s1. The number of piperazine rings is 1. The van der Waals surface area contributed by atoms with Crippen molar-refractivity contribution in [3.63, 3.8) is 0 Å². The van der Waals surface area contributed by atoms with Crippen molar-refractivity contribution < 1.29 is 22.7 Å². The van der Waals surface area contributed by atoms with Crippen LogP contribution in [0.25, 0.3) is 10.8 Å². The third kappa shape index (κ3) is 7.26. The fourth-order valence-corrected chi connectivity index (χ4v) is 7.10. The lowest BCUT2D eigenvalue weighted by molar-refractivity contribution is -0.155. The summed E-state index contributed by atoms with van der Waals surface area (Å²) in [6, 6.07) is 13.7. The molecule has 0 unspecified atom stereocenters. The van der Waals surface area contributed by atoms with Gasteiger partial charge in [0.05, 0.1) is 42.3 Å². The summed E-state index contributed by atoms with van der Waals surface area (Å²) in [5, 5.41) is 12.2. The number of amides is 1. The van der Waals surface area contributed by atoms with Gasteiger partial charge in [0, 0.05) is 55.4 Å². The van der Waals surface area contributed by atoms with Gasteiger partial charge in [-0.3, -0.25) is 9.69 Å². The zero-order valence-corrected chi connectivity index (χ0v) is 26.8. The summed E-state index contributed by atoms with van der Waals surface area (Å²) in [6.45, 7) is 5.13. The fraction of sp³-hybridized carbons (Fsp3) is 0.471. The van der Waals surface area contributed by atoms with Crippen LogP contribution in [0, 0.1) is 11.3 Å². The van der Waals surface area contributed by atoms with Crippen LogP contribution in [0.1, 0.15) is 36.9 Å². The van der Waals surface area contributed by atoms with Crippen LogP contribution in [0.4, 0.5) is 24.7 Å².